The van der Waals surface area contributed by atoms with E-state index in [1.54, 1.807) is 31.2 Å². The van der Waals surface area contributed by atoms with E-state index >= 15 is 0 Å². The quantitative estimate of drug-likeness (QED) is 0.289. The second kappa shape index (κ2) is 9.72. The van der Waals surface area contributed by atoms with Crippen LogP contribution in [0.5, 0.6) is 5.75 Å². The number of ether oxygens (including phenoxy) is 1. The molecule has 0 aliphatic carbocycles. The summed E-state index contributed by atoms with van der Waals surface area (Å²) in [6.45, 7) is 6.47. The van der Waals surface area contributed by atoms with Crippen LogP contribution in [0.2, 0.25) is 0 Å². The lowest BCUT2D eigenvalue weighted by Gasteiger charge is -2.23. The molecule has 1 aromatic heterocycles. The van der Waals surface area contributed by atoms with E-state index in [9.17, 15) is 19.1 Å². The zero-order valence-corrected chi connectivity index (χ0v) is 19.8. The average Bonchev–Trinajstić information content (AvgIpc) is 3.34. The Labute approximate surface area is 200 Å². The lowest BCUT2D eigenvalue weighted by molar-refractivity contribution is -0.132. The number of aromatic nitrogens is 2. The number of Topliss-reactive ketones (excluding diaryl/α,β-unsaturated/α-hetero) is 1. The molecule has 1 saturated heterocycles. The highest BCUT2D eigenvalue weighted by molar-refractivity contribution is 7.15. The number of hydrogen-bond acceptors (Lipinski definition) is 7. The largest absolute Gasteiger partial charge is 0.507 e. The molecule has 1 N–H and O–H groups in total. The van der Waals surface area contributed by atoms with Crippen molar-refractivity contribution in [3.63, 3.8) is 0 Å². The lowest BCUT2D eigenvalue weighted by atomic mass is 9.95. The molecule has 1 unspecified atom stereocenters. The van der Waals surface area contributed by atoms with Gasteiger partial charge in [0.2, 0.25) is 5.13 Å². The van der Waals surface area contributed by atoms with Crippen LogP contribution in [0.3, 0.4) is 0 Å². The lowest BCUT2D eigenvalue weighted by Crippen LogP contribution is -2.29. The van der Waals surface area contributed by atoms with E-state index in [4.69, 9.17) is 4.74 Å². The summed E-state index contributed by atoms with van der Waals surface area (Å²) in [4.78, 5) is 27.5. The summed E-state index contributed by atoms with van der Waals surface area (Å²) < 4.78 is 19.3. The monoisotopic (exact) mass is 481 g/mol. The van der Waals surface area contributed by atoms with E-state index in [1.807, 2.05) is 0 Å². The molecular weight excluding hydrogens is 457 g/mol. The van der Waals surface area contributed by atoms with E-state index in [0.717, 1.165) is 6.42 Å². The minimum Gasteiger partial charge on any atom is -0.507 e. The molecule has 9 heteroatoms. The maximum atomic E-state index is 13.4. The van der Waals surface area contributed by atoms with Gasteiger partial charge in [0.15, 0.2) is 0 Å². The molecule has 1 fully saturated rings. The van der Waals surface area contributed by atoms with Gasteiger partial charge in [-0.15, -0.1) is 10.2 Å². The normalized spacial score (nSPS) is 17.6. The highest BCUT2D eigenvalue weighted by Gasteiger charge is 2.48. The summed E-state index contributed by atoms with van der Waals surface area (Å²) in [5, 5.41) is 20.0. The zero-order valence-electron chi connectivity index (χ0n) is 19.0. The Morgan fingerprint density at radius 1 is 1.18 bits per heavy atom. The van der Waals surface area contributed by atoms with Gasteiger partial charge in [-0.2, -0.15) is 0 Å². The van der Waals surface area contributed by atoms with Crippen LogP contribution < -0.4 is 9.64 Å². The van der Waals surface area contributed by atoms with E-state index in [2.05, 4.69) is 24.0 Å². The maximum Gasteiger partial charge on any atom is 0.301 e. The number of carbonyl (C=O) groups is 2. The molecule has 1 atom stereocenters. The van der Waals surface area contributed by atoms with E-state index in [0.29, 0.717) is 28.8 Å². The SMILES string of the molecule is Cc1nnc(N2C(=O)C(=O)/C(=C(/O)c3ccc(F)cc3)C2c2cccc(OCCC(C)C)c2)s1. The molecule has 7 nitrogen and oxygen atoms in total. The molecule has 1 aliphatic rings. The third-order valence-corrected chi connectivity index (χ3v) is 6.26. The van der Waals surface area contributed by atoms with Gasteiger partial charge in [0.1, 0.15) is 22.3 Å². The summed E-state index contributed by atoms with van der Waals surface area (Å²) in [5.41, 5.74) is 0.684. The molecule has 34 heavy (non-hydrogen) atoms. The van der Waals surface area contributed by atoms with Crippen molar-refractivity contribution in [2.24, 2.45) is 5.92 Å². The second-order valence-electron chi connectivity index (χ2n) is 8.38. The van der Waals surface area contributed by atoms with Crippen LogP contribution in [0.15, 0.2) is 54.1 Å². The van der Waals surface area contributed by atoms with Gasteiger partial charge in [-0.25, -0.2) is 4.39 Å². The molecule has 176 valence electrons. The van der Waals surface area contributed by atoms with Crippen molar-refractivity contribution in [2.45, 2.75) is 33.2 Å². The Kier molecular flexibility index (Phi) is 6.74. The van der Waals surface area contributed by atoms with Gasteiger partial charge in [0.05, 0.1) is 18.2 Å². The number of hydrogen-bond donors (Lipinski definition) is 1. The van der Waals surface area contributed by atoms with Crippen molar-refractivity contribution in [3.8, 4) is 5.75 Å². The number of aryl methyl sites for hydroxylation is 1. The number of nitrogens with zero attached hydrogens (tertiary/aromatic N) is 3. The number of aliphatic hydroxyl groups is 1. The van der Waals surface area contributed by atoms with Gasteiger partial charge in [-0.05, 0) is 61.2 Å². The van der Waals surface area contributed by atoms with Crippen molar-refractivity contribution in [2.75, 3.05) is 11.5 Å². The smallest absolute Gasteiger partial charge is 0.301 e. The fourth-order valence-corrected chi connectivity index (χ4v) is 4.39. The number of rotatable bonds is 7. The molecule has 1 aliphatic heterocycles. The first-order valence-electron chi connectivity index (χ1n) is 10.9. The third kappa shape index (κ3) is 4.70. The summed E-state index contributed by atoms with van der Waals surface area (Å²) in [7, 11) is 0. The molecule has 0 saturated carbocycles. The van der Waals surface area contributed by atoms with Crippen molar-refractivity contribution < 1.29 is 23.8 Å². The van der Waals surface area contributed by atoms with Crippen LogP contribution in [-0.2, 0) is 9.59 Å². The van der Waals surface area contributed by atoms with Gasteiger partial charge in [0, 0.05) is 5.56 Å². The van der Waals surface area contributed by atoms with Crippen LogP contribution in [0.25, 0.3) is 5.76 Å². The van der Waals surface area contributed by atoms with E-state index in [1.165, 1.54) is 40.5 Å². The van der Waals surface area contributed by atoms with Crippen molar-refractivity contribution in [1.82, 2.24) is 10.2 Å². The molecular formula is C25H24FN3O4S. The first-order valence-corrected chi connectivity index (χ1v) is 11.7. The van der Waals surface area contributed by atoms with Crippen molar-refractivity contribution in [1.29, 1.82) is 0 Å². The molecule has 1 amide bonds. The Morgan fingerprint density at radius 2 is 1.91 bits per heavy atom. The Bertz CT molecular complexity index is 1250. The standard InChI is InChI=1S/C25H24FN3O4S/c1-14(2)11-12-33-19-6-4-5-17(13-19)21-20(22(30)16-7-9-18(26)10-8-16)23(31)24(32)29(21)25-28-27-15(3)34-25/h4-10,13-14,21,30H,11-12H2,1-3H3/b22-20+. The highest BCUT2D eigenvalue weighted by Crippen LogP contribution is 2.43. The number of benzene rings is 2. The van der Waals surface area contributed by atoms with Gasteiger partial charge in [0.25, 0.3) is 5.78 Å². The van der Waals surface area contributed by atoms with E-state index < -0.39 is 29.3 Å². The Hall–Kier alpha value is -3.59. The van der Waals surface area contributed by atoms with Gasteiger partial charge in [-0.3, -0.25) is 14.5 Å². The van der Waals surface area contributed by atoms with Crippen LogP contribution in [0, 0.1) is 18.7 Å². The highest BCUT2D eigenvalue weighted by atomic mass is 32.1. The van der Waals surface area contributed by atoms with Crippen LogP contribution >= 0.6 is 11.3 Å². The Balaban J connectivity index is 1.83. The molecule has 3 aromatic rings. The topological polar surface area (TPSA) is 92.6 Å². The molecule has 2 heterocycles. The van der Waals surface area contributed by atoms with Crippen LogP contribution in [0.1, 0.15) is 42.4 Å². The zero-order chi connectivity index (χ0) is 24.4. The van der Waals surface area contributed by atoms with Crippen LogP contribution in [0.4, 0.5) is 9.52 Å². The third-order valence-electron chi connectivity index (χ3n) is 5.42. The summed E-state index contributed by atoms with van der Waals surface area (Å²) in [6.07, 6.45) is 0.872. The molecule has 4 rings (SSSR count). The summed E-state index contributed by atoms with van der Waals surface area (Å²) in [6, 6.07) is 11.2. The van der Waals surface area contributed by atoms with E-state index in [-0.39, 0.29) is 16.3 Å². The predicted molar refractivity (Wildman–Crippen MR) is 127 cm³/mol. The van der Waals surface area contributed by atoms with Crippen molar-refractivity contribution in [3.05, 3.63) is 76.1 Å². The number of carbonyl (C=O) groups excluding carboxylic acids is 2. The molecule has 0 radical (unpaired) electrons. The molecule has 0 bridgehead atoms. The van der Waals surface area contributed by atoms with Crippen LogP contribution in [-0.4, -0.2) is 33.6 Å². The first kappa shape index (κ1) is 23.6. The fourth-order valence-electron chi connectivity index (χ4n) is 3.68. The minimum absolute atomic E-state index is 0.108. The van der Waals surface area contributed by atoms with Gasteiger partial charge in [-0.1, -0.05) is 37.3 Å². The number of ketones is 1. The summed E-state index contributed by atoms with van der Waals surface area (Å²) >= 11 is 1.17. The number of anilines is 1. The van der Waals surface area contributed by atoms with Gasteiger partial charge < -0.3 is 9.84 Å². The Morgan fingerprint density at radius 3 is 2.56 bits per heavy atom. The maximum absolute atomic E-state index is 13.4. The minimum atomic E-state index is -0.953. The summed E-state index contributed by atoms with van der Waals surface area (Å²) in [5.74, 6) is -1.49. The average molecular weight is 482 g/mol. The number of amides is 1. The molecule has 0 spiro atoms. The fraction of sp³-hybridized carbons (Fsp3) is 0.280. The molecule has 2 aromatic carbocycles. The first-order chi connectivity index (χ1) is 16.3. The second-order valence-corrected chi connectivity index (χ2v) is 9.54. The number of halogens is 1. The number of aliphatic hydroxyl groups excluding tert-OH is 1. The predicted octanol–water partition coefficient (Wildman–Crippen LogP) is 5.04. The van der Waals surface area contributed by atoms with Crippen molar-refractivity contribution >= 4 is 33.9 Å². The van der Waals surface area contributed by atoms with Gasteiger partial charge >= 0.3 is 5.91 Å².